The van der Waals surface area contributed by atoms with Crippen molar-refractivity contribution in [1.29, 1.82) is 0 Å². The molecule has 1 aromatic carbocycles. The van der Waals surface area contributed by atoms with Crippen LogP contribution in [0.2, 0.25) is 0 Å². The Hall–Kier alpha value is -2.24. The standard InChI is InChI=1S/C14H20N2O4/c1-4-5-13(17)15-9-14(18)16-11-8-10(19-2)6-7-12(11)20-3/h6-8H,4-5,9H2,1-3H3,(H,15,17)(H,16,18). The summed E-state index contributed by atoms with van der Waals surface area (Å²) in [7, 11) is 3.05. The Morgan fingerprint density at radius 3 is 2.50 bits per heavy atom. The van der Waals surface area contributed by atoms with E-state index >= 15 is 0 Å². The van der Waals surface area contributed by atoms with Crippen molar-refractivity contribution >= 4 is 17.5 Å². The molecule has 0 unspecified atom stereocenters. The minimum Gasteiger partial charge on any atom is -0.497 e. The summed E-state index contributed by atoms with van der Waals surface area (Å²) in [6.07, 6.45) is 1.16. The molecule has 1 rings (SSSR count). The van der Waals surface area contributed by atoms with Gasteiger partial charge < -0.3 is 20.1 Å². The van der Waals surface area contributed by atoms with Gasteiger partial charge in [-0.2, -0.15) is 0 Å². The van der Waals surface area contributed by atoms with Crippen molar-refractivity contribution in [3.63, 3.8) is 0 Å². The number of hydrogen-bond acceptors (Lipinski definition) is 4. The molecule has 0 spiro atoms. The third-order valence-corrected chi connectivity index (χ3v) is 2.60. The Kier molecular flexibility index (Phi) is 6.36. The van der Waals surface area contributed by atoms with Crippen LogP contribution in [0, 0.1) is 0 Å². The summed E-state index contributed by atoms with van der Waals surface area (Å²) in [6.45, 7) is 1.83. The molecule has 0 aliphatic heterocycles. The normalized spacial score (nSPS) is 9.75. The van der Waals surface area contributed by atoms with Crippen LogP contribution < -0.4 is 20.1 Å². The van der Waals surface area contributed by atoms with Crippen LogP contribution in [0.3, 0.4) is 0 Å². The number of methoxy groups -OCH3 is 2. The Labute approximate surface area is 118 Å². The lowest BCUT2D eigenvalue weighted by Crippen LogP contribution is -2.32. The zero-order valence-corrected chi connectivity index (χ0v) is 12.0. The first-order valence-electron chi connectivity index (χ1n) is 6.39. The van der Waals surface area contributed by atoms with Gasteiger partial charge in [0, 0.05) is 12.5 Å². The van der Waals surface area contributed by atoms with Gasteiger partial charge >= 0.3 is 0 Å². The van der Waals surface area contributed by atoms with Crippen LogP contribution in [0.1, 0.15) is 19.8 Å². The molecule has 0 atom stereocenters. The molecule has 2 amide bonds. The average Bonchev–Trinajstić information content (AvgIpc) is 2.45. The van der Waals surface area contributed by atoms with Gasteiger partial charge in [-0.25, -0.2) is 0 Å². The molecule has 0 fully saturated rings. The summed E-state index contributed by atoms with van der Waals surface area (Å²) in [6, 6.07) is 5.09. The quantitative estimate of drug-likeness (QED) is 0.794. The summed E-state index contributed by atoms with van der Waals surface area (Å²) < 4.78 is 10.2. The number of carbonyl (C=O) groups is 2. The van der Waals surface area contributed by atoms with Crippen LogP contribution in [0.25, 0.3) is 0 Å². The van der Waals surface area contributed by atoms with E-state index < -0.39 is 0 Å². The second-order valence-corrected chi connectivity index (χ2v) is 4.14. The highest BCUT2D eigenvalue weighted by molar-refractivity contribution is 5.95. The molecule has 6 nitrogen and oxygen atoms in total. The number of ether oxygens (including phenoxy) is 2. The number of carbonyl (C=O) groups excluding carboxylic acids is 2. The maximum atomic E-state index is 11.8. The van der Waals surface area contributed by atoms with Crippen LogP contribution in [-0.4, -0.2) is 32.6 Å². The van der Waals surface area contributed by atoms with E-state index in [2.05, 4.69) is 10.6 Å². The van der Waals surface area contributed by atoms with E-state index in [4.69, 9.17) is 9.47 Å². The van der Waals surface area contributed by atoms with E-state index in [-0.39, 0.29) is 18.4 Å². The molecule has 1 aromatic rings. The van der Waals surface area contributed by atoms with Crippen LogP contribution in [-0.2, 0) is 9.59 Å². The first kappa shape index (κ1) is 15.8. The van der Waals surface area contributed by atoms with Gasteiger partial charge in [-0.1, -0.05) is 6.92 Å². The maximum absolute atomic E-state index is 11.8. The summed E-state index contributed by atoms with van der Waals surface area (Å²) in [5.41, 5.74) is 0.501. The van der Waals surface area contributed by atoms with Gasteiger partial charge in [0.05, 0.1) is 26.5 Å². The average molecular weight is 280 g/mol. The lowest BCUT2D eigenvalue weighted by molar-refractivity contribution is -0.124. The van der Waals surface area contributed by atoms with Gasteiger partial charge in [0.2, 0.25) is 11.8 Å². The molecule has 0 aromatic heterocycles. The Balaban J connectivity index is 2.62. The molecule has 0 saturated carbocycles. The number of hydrogen-bond donors (Lipinski definition) is 2. The van der Waals surface area contributed by atoms with Gasteiger partial charge in [0.15, 0.2) is 0 Å². The second-order valence-electron chi connectivity index (χ2n) is 4.14. The van der Waals surface area contributed by atoms with E-state index in [1.165, 1.54) is 7.11 Å². The monoisotopic (exact) mass is 280 g/mol. The van der Waals surface area contributed by atoms with E-state index in [1.54, 1.807) is 25.3 Å². The largest absolute Gasteiger partial charge is 0.497 e. The number of amides is 2. The van der Waals surface area contributed by atoms with E-state index in [1.807, 2.05) is 6.92 Å². The third kappa shape index (κ3) is 4.79. The molecule has 6 heteroatoms. The fourth-order valence-electron chi connectivity index (χ4n) is 1.60. The lowest BCUT2D eigenvalue weighted by Gasteiger charge is -2.12. The summed E-state index contributed by atoms with van der Waals surface area (Å²) in [5.74, 6) is 0.677. The third-order valence-electron chi connectivity index (χ3n) is 2.60. The zero-order valence-electron chi connectivity index (χ0n) is 12.0. The zero-order chi connectivity index (χ0) is 15.0. The van der Waals surface area contributed by atoms with Gasteiger partial charge in [-0.05, 0) is 18.6 Å². The molecule has 0 aliphatic rings. The maximum Gasteiger partial charge on any atom is 0.243 e. The molecule has 0 radical (unpaired) electrons. The number of rotatable bonds is 7. The highest BCUT2D eigenvalue weighted by Crippen LogP contribution is 2.28. The second kappa shape index (κ2) is 8.04. The van der Waals surface area contributed by atoms with E-state index in [0.717, 1.165) is 6.42 Å². The van der Waals surface area contributed by atoms with Crippen LogP contribution in [0.15, 0.2) is 18.2 Å². The van der Waals surface area contributed by atoms with Crippen molar-refractivity contribution in [2.75, 3.05) is 26.1 Å². The highest BCUT2D eigenvalue weighted by atomic mass is 16.5. The van der Waals surface area contributed by atoms with Crippen molar-refractivity contribution < 1.29 is 19.1 Å². The smallest absolute Gasteiger partial charge is 0.243 e. The number of anilines is 1. The Morgan fingerprint density at radius 2 is 1.90 bits per heavy atom. The predicted molar refractivity (Wildman–Crippen MR) is 76.1 cm³/mol. The fraction of sp³-hybridized carbons (Fsp3) is 0.429. The summed E-state index contributed by atoms with van der Waals surface area (Å²) in [5, 5.41) is 5.22. The fourth-order valence-corrected chi connectivity index (χ4v) is 1.60. The molecule has 0 heterocycles. The predicted octanol–water partition coefficient (Wildman–Crippen LogP) is 1.56. The Bertz CT molecular complexity index is 474. The number of benzene rings is 1. The van der Waals surface area contributed by atoms with Crippen molar-refractivity contribution in [3.8, 4) is 11.5 Å². The Morgan fingerprint density at radius 1 is 1.15 bits per heavy atom. The summed E-state index contributed by atoms with van der Waals surface area (Å²) in [4.78, 5) is 23.1. The molecule has 0 bridgehead atoms. The van der Waals surface area contributed by atoms with Gasteiger partial charge in [-0.3, -0.25) is 9.59 Å². The molecular weight excluding hydrogens is 260 g/mol. The highest BCUT2D eigenvalue weighted by Gasteiger charge is 2.10. The van der Waals surface area contributed by atoms with Gasteiger partial charge in [0.25, 0.3) is 0 Å². The minimum atomic E-state index is -0.319. The molecule has 0 saturated heterocycles. The van der Waals surface area contributed by atoms with Gasteiger partial charge in [-0.15, -0.1) is 0 Å². The van der Waals surface area contributed by atoms with Crippen LogP contribution in [0.5, 0.6) is 11.5 Å². The first-order chi connectivity index (χ1) is 9.60. The van der Waals surface area contributed by atoms with Crippen molar-refractivity contribution in [2.45, 2.75) is 19.8 Å². The minimum absolute atomic E-state index is 0.0702. The SMILES string of the molecule is CCCC(=O)NCC(=O)Nc1cc(OC)ccc1OC. The number of nitrogens with one attached hydrogen (secondary N) is 2. The van der Waals surface area contributed by atoms with E-state index in [9.17, 15) is 9.59 Å². The van der Waals surface area contributed by atoms with Crippen molar-refractivity contribution in [2.24, 2.45) is 0 Å². The summed E-state index contributed by atoms with van der Waals surface area (Å²) >= 11 is 0. The molecule has 0 aliphatic carbocycles. The van der Waals surface area contributed by atoms with E-state index in [0.29, 0.717) is 23.6 Å². The molecular formula is C14H20N2O4. The molecule has 20 heavy (non-hydrogen) atoms. The van der Waals surface area contributed by atoms with Crippen molar-refractivity contribution in [1.82, 2.24) is 5.32 Å². The molecule has 110 valence electrons. The van der Waals surface area contributed by atoms with Crippen molar-refractivity contribution in [3.05, 3.63) is 18.2 Å². The van der Waals surface area contributed by atoms with Gasteiger partial charge in [0.1, 0.15) is 11.5 Å². The molecule has 2 N–H and O–H groups in total. The lowest BCUT2D eigenvalue weighted by atomic mass is 10.2. The first-order valence-corrected chi connectivity index (χ1v) is 6.39. The van der Waals surface area contributed by atoms with Crippen LogP contribution >= 0.6 is 0 Å². The topological polar surface area (TPSA) is 76.7 Å². The van der Waals surface area contributed by atoms with Crippen LogP contribution in [0.4, 0.5) is 5.69 Å².